The summed E-state index contributed by atoms with van der Waals surface area (Å²) in [7, 11) is 1.60. The van der Waals surface area contributed by atoms with Crippen molar-refractivity contribution in [2.24, 2.45) is 5.73 Å². The van der Waals surface area contributed by atoms with Gasteiger partial charge in [0.2, 0.25) is 0 Å². The SMILES string of the molecule is CN(C(N)=O)c1nc2ccc(-c3cnc4ccn(C(=O)OC5CCCCC5)c4c3)cc2s1. The zero-order valence-electron chi connectivity index (χ0n) is 17.7. The standard InChI is InChI=1S/C23H23N5O3S/c1-27(21(24)29)22-26-18-8-7-14(12-20(18)32-22)15-11-19-17(25-13-15)9-10-28(19)23(30)31-16-5-3-2-4-6-16/h7-13,16H,2-6H2,1H3,(H2,24,29). The summed E-state index contributed by atoms with van der Waals surface area (Å²) in [5.41, 5.74) is 9.41. The van der Waals surface area contributed by atoms with Gasteiger partial charge in [0.05, 0.1) is 21.3 Å². The Hall–Kier alpha value is -3.46. The van der Waals surface area contributed by atoms with Gasteiger partial charge in [0.15, 0.2) is 5.13 Å². The fourth-order valence-electron chi connectivity index (χ4n) is 4.04. The molecule has 1 aromatic carbocycles. The van der Waals surface area contributed by atoms with Crippen molar-refractivity contribution in [1.29, 1.82) is 0 Å². The average molecular weight is 450 g/mol. The first kappa shape index (κ1) is 20.4. The van der Waals surface area contributed by atoms with Crippen LogP contribution in [0.15, 0.2) is 42.7 Å². The van der Waals surface area contributed by atoms with Crippen LogP contribution in [0.5, 0.6) is 0 Å². The van der Waals surface area contributed by atoms with Gasteiger partial charge in [0, 0.05) is 25.0 Å². The predicted molar refractivity (Wildman–Crippen MR) is 125 cm³/mol. The third-order valence-electron chi connectivity index (χ3n) is 5.88. The molecule has 164 valence electrons. The molecule has 8 nitrogen and oxygen atoms in total. The summed E-state index contributed by atoms with van der Waals surface area (Å²) in [6.07, 6.45) is 8.40. The first-order valence-corrected chi connectivity index (χ1v) is 11.4. The van der Waals surface area contributed by atoms with Crippen molar-refractivity contribution >= 4 is 49.8 Å². The normalized spacial score (nSPS) is 14.7. The number of primary amides is 1. The van der Waals surface area contributed by atoms with Crippen LogP contribution < -0.4 is 10.6 Å². The number of rotatable bonds is 3. The molecule has 9 heteroatoms. The molecule has 5 rings (SSSR count). The van der Waals surface area contributed by atoms with Gasteiger partial charge in [-0.05, 0) is 55.5 Å². The first-order chi connectivity index (χ1) is 15.5. The van der Waals surface area contributed by atoms with E-state index in [0.717, 1.165) is 52.5 Å². The fourth-order valence-corrected chi connectivity index (χ4v) is 5.01. The van der Waals surface area contributed by atoms with Gasteiger partial charge < -0.3 is 10.5 Å². The van der Waals surface area contributed by atoms with E-state index >= 15 is 0 Å². The number of ether oxygens (including phenoxy) is 1. The largest absolute Gasteiger partial charge is 0.446 e. The third kappa shape index (κ3) is 3.80. The zero-order valence-corrected chi connectivity index (χ0v) is 18.5. The van der Waals surface area contributed by atoms with Gasteiger partial charge in [-0.25, -0.2) is 14.6 Å². The number of amides is 2. The van der Waals surface area contributed by atoms with Crippen LogP contribution in [0.1, 0.15) is 32.1 Å². The van der Waals surface area contributed by atoms with Crippen LogP contribution in [0.3, 0.4) is 0 Å². The number of urea groups is 1. The van der Waals surface area contributed by atoms with Gasteiger partial charge in [0.1, 0.15) is 6.10 Å². The summed E-state index contributed by atoms with van der Waals surface area (Å²) < 4.78 is 8.20. The minimum atomic E-state index is -0.556. The Labute approximate surface area is 188 Å². The number of nitrogens with two attached hydrogens (primary N) is 1. The number of carbonyl (C=O) groups is 2. The van der Waals surface area contributed by atoms with Gasteiger partial charge >= 0.3 is 12.1 Å². The van der Waals surface area contributed by atoms with E-state index in [4.69, 9.17) is 10.5 Å². The number of fused-ring (bicyclic) bond motifs is 2. The van der Waals surface area contributed by atoms with Crippen LogP contribution in [0.4, 0.5) is 14.7 Å². The van der Waals surface area contributed by atoms with Crippen molar-refractivity contribution in [3.8, 4) is 11.1 Å². The number of anilines is 1. The predicted octanol–water partition coefficient (Wildman–Crippen LogP) is 5.15. The Balaban J connectivity index is 1.46. The van der Waals surface area contributed by atoms with Crippen molar-refractivity contribution in [2.45, 2.75) is 38.2 Å². The Morgan fingerprint density at radius 3 is 2.72 bits per heavy atom. The van der Waals surface area contributed by atoms with E-state index in [2.05, 4.69) is 9.97 Å². The highest BCUT2D eigenvalue weighted by molar-refractivity contribution is 7.22. The summed E-state index contributed by atoms with van der Waals surface area (Å²) in [4.78, 5) is 34.6. The lowest BCUT2D eigenvalue weighted by Gasteiger charge is -2.21. The number of pyridine rings is 1. The Kier molecular flexibility index (Phi) is 5.26. The minimum absolute atomic E-state index is 0.00805. The first-order valence-electron chi connectivity index (χ1n) is 10.6. The second kappa shape index (κ2) is 8.23. The van der Waals surface area contributed by atoms with Crippen LogP contribution in [0.25, 0.3) is 32.4 Å². The monoisotopic (exact) mass is 449 g/mol. The molecule has 1 aliphatic carbocycles. The molecule has 0 radical (unpaired) electrons. The van der Waals surface area contributed by atoms with E-state index in [-0.39, 0.29) is 12.2 Å². The van der Waals surface area contributed by atoms with Gasteiger partial charge in [-0.15, -0.1) is 0 Å². The van der Waals surface area contributed by atoms with E-state index < -0.39 is 6.03 Å². The second-order valence-corrected chi connectivity index (χ2v) is 9.04. The number of aromatic nitrogens is 3. The van der Waals surface area contributed by atoms with Gasteiger partial charge in [0.25, 0.3) is 0 Å². The number of carbonyl (C=O) groups excluding carboxylic acids is 2. The lowest BCUT2D eigenvalue weighted by atomic mass is 9.98. The maximum Gasteiger partial charge on any atom is 0.418 e. The lowest BCUT2D eigenvalue weighted by molar-refractivity contribution is 0.0772. The summed E-state index contributed by atoms with van der Waals surface area (Å²) in [6.45, 7) is 0. The summed E-state index contributed by atoms with van der Waals surface area (Å²) in [5.74, 6) is 0. The zero-order chi connectivity index (χ0) is 22.2. The van der Waals surface area contributed by atoms with Crippen molar-refractivity contribution in [2.75, 3.05) is 11.9 Å². The van der Waals surface area contributed by atoms with Crippen molar-refractivity contribution < 1.29 is 14.3 Å². The van der Waals surface area contributed by atoms with E-state index in [1.165, 1.54) is 27.2 Å². The molecule has 3 aromatic heterocycles. The van der Waals surface area contributed by atoms with Crippen LogP contribution >= 0.6 is 11.3 Å². The highest BCUT2D eigenvalue weighted by atomic mass is 32.1. The molecule has 0 bridgehead atoms. The molecule has 2 amide bonds. The molecule has 0 aliphatic heterocycles. The molecular formula is C23H23N5O3S. The number of nitrogens with zero attached hydrogens (tertiary/aromatic N) is 4. The van der Waals surface area contributed by atoms with Crippen LogP contribution in [0, 0.1) is 0 Å². The number of hydrogen-bond donors (Lipinski definition) is 1. The summed E-state index contributed by atoms with van der Waals surface area (Å²) in [6, 6.07) is 9.07. The molecule has 0 saturated heterocycles. The van der Waals surface area contributed by atoms with Crippen molar-refractivity contribution in [1.82, 2.24) is 14.5 Å². The third-order valence-corrected chi connectivity index (χ3v) is 6.98. The van der Waals surface area contributed by atoms with E-state index in [0.29, 0.717) is 10.6 Å². The molecule has 0 atom stereocenters. The highest BCUT2D eigenvalue weighted by Gasteiger charge is 2.20. The Morgan fingerprint density at radius 1 is 1.12 bits per heavy atom. The topological polar surface area (TPSA) is 103 Å². The van der Waals surface area contributed by atoms with Crippen LogP contribution in [-0.4, -0.2) is 39.8 Å². The maximum atomic E-state index is 12.8. The second-order valence-electron chi connectivity index (χ2n) is 8.03. The Morgan fingerprint density at radius 2 is 1.94 bits per heavy atom. The van der Waals surface area contributed by atoms with Gasteiger partial charge in [-0.3, -0.25) is 14.5 Å². The molecule has 3 heterocycles. The van der Waals surface area contributed by atoms with E-state index in [9.17, 15) is 9.59 Å². The van der Waals surface area contributed by atoms with Crippen LogP contribution in [-0.2, 0) is 4.74 Å². The number of benzene rings is 1. The molecule has 2 N–H and O–H groups in total. The molecule has 1 aliphatic rings. The minimum Gasteiger partial charge on any atom is -0.446 e. The smallest absolute Gasteiger partial charge is 0.418 e. The van der Waals surface area contributed by atoms with Crippen molar-refractivity contribution in [3.05, 3.63) is 42.7 Å². The van der Waals surface area contributed by atoms with Crippen molar-refractivity contribution in [3.63, 3.8) is 0 Å². The quantitative estimate of drug-likeness (QED) is 0.466. The maximum absolute atomic E-state index is 12.8. The summed E-state index contributed by atoms with van der Waals surface area (Å²) >= 11 is 1.39. The Bertz CT molecular complexity index is 1320. The average Bonchev–Trinajstić information content (AvgIpc) is 3.42. The van der Waals surface area contributed by atoms with Gasteiger partial charge in [-0.2, -0.15) is 0 Å². The van der Waals surface area contributed by atoms with E-state index in [1.54, 1.807) is 19.4 Å². The summed E-state index contributed by atoms with van der Waals surface area (Å²) in [5, 5.41) is 0.539. The van der Waals surface area contributed by atoms with Crippen LogP contribution in [0.2, 0.25) is 0 Å². The molecule has 1 saturated carbocycles. The fraction of sp³-hybridized carbons (Fsp3) is 0.304. The molecule has 1 fully saturated rings. The molecule has 32 heavy (non-hydrogen) atoms. The van der Waals surface area contributed by atoms with E-state index in [1.807, 2.05) is 30.3 Å². The highest BCUT2D eigenvalue weighted by Crippen LogP contribution is 2.32. The lowest BCUT2D eigenvalue weighted by Crippen LogP contribution is -2.31. The number of hydrogen-bond acceptors (Lipinski definition) is 6. The van der Waals surface area contributed by atoms with Gasteiger partial charge in [-0.1, -0.05) is 23.8 Å². The molecular weight excluding hydrogens is 426 g/mol. The number of thiazole rings is 1. The molecule has 0 unspecified atom stereocenters. The molecule has 0 spiro atoms. The molecule has 4 aromatic rings.